The lowest BCUT2D eigenvalue weighted by molar-refractivity contribution is 0.885. The molecule has 4 heteroatoms. The minimum Gasteiger partial charge on any atom is -0.357 e. The first-order valence-electron chi connectivity index (χ1n) is 4.57. The summed E-state index contributed by atoms with van der Waals surface area (Å²) >= 11 is 0. The van der Waals surface area contributed by atoms with E-state index in [0.717, 1.165) is 0 Å². The van der Waals surface area contributed by atoms with E-state index in [9.17, 15) is 0 Å². The summed E-state index contributed by atoms with van der Waals surface area (Å²) in [7, 11) is 0. The Bertz CT molecular complexity index is 363. The predicted molar refractivity (Wildman–Crippen MR) is 70.6 cm³/mol. The molecule has 4 nitrogen and oxygen atoms in total. The average Bonchev–Trinajstić information content (AvgIpc) is 2.27. The quantitative estimate of drug-likeness (QED) is 0.426. The highest BCUT2D eigenvalue weighted by Crippen LogP contribution is 2.07. The summed E-state index contributed by atoms with van der Waals surface area (Å²) in [5, 5.41) is 5.79. The molecule has 0 radical (unpaired) electrons. The molecule has 0 bridgehead atoms. The van der Waals surface area contributed by atoms with Gasteiger partial charge in [-0.3, -0.25) is 4.99 Å². The van der Waals surface area contributed by atoms with Crippen molar-refractivity contribution in [3.8, 4) is 0 Å². The summed E-state index contributed by atoms with van der Waals surface area (Å²) < 4.78 is 0. The van der Waals surface area contributed by atoms with E-state index < -0.39 is 0 Å². The molecular weight excluding hydrogens is 200 g/mol. The van der Waals surface area contributed by atoms with Crippen molar-refractivity contribution in [3.63, 3.8) is 0 Å². The number of rotatable bonds is 8. The Balaban J connectivity index is 4.32. The van der Waals surface area contributed by atoms with Crippen LogP contribution in [0.4, 0.5) is 0 Å². The zero-order chi connectivity index (χ0) is 12.7. The third-order valence-corrected chi connectivity index (χ3v) is 1.78. The van der Waals surface area contributed by atoms with E-state index in [1.165, 1.54) is 0 Å². The normalized spacial score (nSPS) is 8.81. The second-order valence-corrected chi connectivity index (χ2v) is 3.10. The van der Waals surface area contributed by atoms with Gasteiger partial charge < -0.3 is 16.4 Å². The van der Waals surface area contributed by atoms with Crippen LogP contribution in [0.1, 0.15) is 0 Å². The van der Waals surface area contributed by atoms with Gasteiger partial charge in [0.25, 0.3) is 0 Å². The van der Waals surface area contributed by atoms with E-state index in [-0.39, 0.29) is 0 Å². The molecule has 0 saturated carbocycles. The lowest BCUT2D eigenvalue weighted by atomic mass is 10.3. The average molecular weight is 218 g/mol. The predicted octanol–water partition coefficient (Wildman–Crippen LogP) is 1.39. The lowest BCUT2D eigenvalue weighted by Gasteiger charge is -2.16. The van der Waals surface area contributed by atoms with Gasteiger partial charge in [-0.2, -0.15) is 0 Å². The van der Waals surface area contributed by atoms with Crippen molar-refractivity contribution in [3.05, 3.63) is 61.4 Å². The molecule has 0 heterocycles. The molecule has 0 aromatic rings. The molecule has 0 aliphatic heterocycles. The molecule has 0 aromatic heterocycles. The summed E-state index contributed by atoms with van der Waals surface area (Å²) in [6, 6.07) is 0. The molecule has 16 heavy (non-hydrogen) atoms. The van der Waals surface area contributed by atoms with Gasteiger partial charge in [-0.25, -0.2) is 0 Å². The van der Waals surface area contributed by atoms with Crippen LogP contribution >= 0.6 is 0 Å². The van der Waals surface area contributed by atoms with Crippen LogP contribution < -0.4 is 16.4 Å². The highest BCUT2D eigenvalue weighted by molar-refractivity contribution is 5.38. The van der Waals surface area contributed by atoms with Crippen LogP contribution in [-0.4, -0.2) is 13.3 Å². The van der Waals surface area contributed by atoms with E-state index in [2.05, 4.69) is 55.2 Å². The van der Waals surface area contributed by atoms with Crippen molar-refractivity contribution in [1.82, 2.24) is 10.6 Å². The molecule has 4 N–H and O–H groups in total. The highest BCUT2D eigenvalue weighted by atomic mass is 15.0. The number of nitrogens with one attached hydrogen (secondary N) is 2. The molecule has 0 aliphatic rings. The number of hydrogen-bond donors (Lipinski definition) is 3. The van der Waals surface area contributed by atoms with Crippen molar-refractivity contribution in [2.24, 2.45) is 10.7 Å². The lowest BCUT2D eigenvalue weighted by Crippen LogP contribution is -2.24. The Morgan fingerprint density at radius 3 is 1.88 bits per heavy atom. The van der Waals surface area contributed by atoms with E-state index in [0.29, 0.717) is 35.0 Å². The molecule has 0 spiro atoms. The molecule has 86 valence electrons. The standard InChI is InChI=1S/C12H18N4/c1-8(7-13)15-11(4)12(5)16-10(3)9(2)14-6/h15-16H,1-7,13H2. The third kappa shape index (κ3) is 4.43. The van der Waals surface area contributed by atoms with Gasteiger partial charge in [-0.1, -0.05) is 32.9 Å². The summed E-state index contributed by atoms with van der Waals surface area (Å²) in [6.45, 7) is 22.3. The van der Waals surface area contributed by atoms with E-state index in [4.69, 9.17) is 5.73 Å². The maximum atomic E-state index is 5.38. The molecule has 0 aliphatic carbocycles. The fraction of sp³-hybridized carbons (Fsp3) is 0.0833. The number of nitrogens with zero attached hydrogens (tertiary/aromatic N) is 1. The van der Waals surface area contributed by atoms with Crippen LogP contribution in [-0.2, 0) is 0 Å². The van der Waals surface area contributed by atoms with Crippen LogP contribution in [0.2, 0.25) is 0 Å². The molecule has 0 rings (SSSR count). The monoisotopic (exact) mass is 218 g/mol. The molecule has 0 unspecified atom stereocenters. The van der Waals surface area contributed by atoms with E-state index in [1.807, 2.05) is 0 Å². The topological polar surface area (TPSA) is 62.4 Å². The Kier molecular flexibility index (Phi) is 5.59. The Morgan fingerprint density at radius 2 is 1.44 bits per heavy atom. The van der Waals surface area contributed by atoms with E-state index in [1.54, 1.807) is 0 Å². The maximum Gasteiger partial charge on any atom is 0.0779 e. The summed E-state index contributed by atoms with van der Waals surface area (Å²) in [5.41, 5.74) is 8.11. The van der Waals surface area contributed by atoms with Gasteiger partial charge in [-0.15, -0.1) is 0 Å². The number of aliphatic imine (C=N–C) groups is 1. The molecule has 0 aromatic carbocycles. The third-order valence-electron chi connectivity index (χ3n) is 1.78. The Hall–Kier alpha value is -2.07. The zero-order valence-electron chi connectivity index (χ0n) is 9.47. The van der Waals surface area contributed by atoms with Gasteiger partial charge >= 0.3 is 0 Å². The van der Waals surface area contributed by atoms with Crippen molar-refractivity contribution in [2.45, 2.75) is 0 Å². The first kappa shape index (κ1) is 13.9. The summed E-state index contributed by atoms with van der Waals surface area (Å²) in [5.74, 6) is 0. The van der Waals surface area contributed by atoms with Crippen LogP contribution in [0.15, 0.2) is 66.4 Å². The second kappa shape index (κ2) is 6.42. The molecule has 0 amide bonds. The Labute approximate surface area is 96.6 Å². The van der Waals surface area contributed by atoms with Crippen LogP contribution in [0.25, 0.3) is 0 Å². The minimum atomic E-state index is 0.328. The zero-order valence-corrected chi connectivity index (χ0v) is 9.47. The van der Waals surface area contributed by atoms with Crippen molar-refractivity contribution in [1.29, 1.82) is 0 Å². The summed E-state index contributed by atoms with van der Waals surface area (Å²) in [6.07, 6.45) is 0. The molecule has 0 fully saturated rings. The van der Waals surface area contributed by atoms with E-state index >= 15 is 0 Å². The number of hydrogen-bond acceptors (Lipinski definition) is 4. The van der Waals surface area contributed by atoms with Crippen LogP contribution in [0.3, 0.4) is 0 Å². The fourth-order valence-electron chi connectivity index (χ4n) is 0.765. The fourth-order valence-corrected chi connectivity index (χ4v) is 0.765. The largest absolute Gasteiger partial charge is 0.357 e. The highest BCUT2D eigenvalue weighted by Gasteiger charge is 2.03. The molecular formula is C12H18N4. The number of nitrogens with two attached hydrogens (primary N) is 1. The SMILES string of the molecule is C=NC(=C)C(=C)NC(=C)C(=C)NC(=C)CN. The van der Waals surface area contributed by atoms with Gasteiger partial charge in [0.05, 0.1) is 22.8 Å². The van der Waals surface area contributed by atoms with Crippen molar-refractivity contribution in [2.75, 3.05) is 6.54 Å². The van der Waals surface area contributed by atoms with Gasteiger partial charge in [0.1, 0.15) is 0 Å². The second-order valence-electron chi connectivity index (χ2n) is 3.10. The van der Waals surface area contributed by atoms with Crippen molar-refractivity contribution >= 4 is 6.72 Å². The van der Waals surface area contributed by atoms with Gasteiger partial charge in [0.2, 0.25) is 0 Å². The van der Waals surface area contributed by atoms with Gasteiger partial charge in [-0.05, 0) is 6.72 Å². The summed E-state index contributed by atoms with van der Waals surface area (Å²) in [4.78, 5) is 3.64. The van der Waals surface area contributed by atoms with Gasteiger partial charge in [0, 0.05) is 12.2 Å². The smallest absolute Gasteiger partial charge is 0.0779 e. The maximum absolute atomic E-state index is 5.38. The first-order valence-corrected chi connectivity index (χ1v) is 4.57. The molecule has 0 saturated heterocycles. The minimum absolute atomic E-state index is 0.328. The van der Waals surface area contributed by atoms with Crippen LogP contribution in [0, 0.1) is 0 Å². The Morgan fingerprint density at radius 1 is 0.938 bits per heavy atom. The van der Waals surface area contributed by atoms with Crippen LogP contribution in [0.5, 0.6) is 0 Å². The van der Waals surface area contributed by atoms with Crippen molar-refractivity contribution < 1.29 is 0 Å². The first-order chi connectivity index (χ1) is 7.42. The van der Waals surface area contributed by atoms with Gasteiger partial charge in [0.15, 0.2) is 0 Å². The molecule has 0 atom stereocenters.